The van der Waals surface area contributed by atoms with E-state index in [1.54, 1.807) is 6.07 Å². The average Bonchev–Trinajstić information content (AvgIpc) is 2.85. The van der Waals surface area contributed by atoms with Crippen LogP contribution in [-0.2, 0) is 4.79 Å². The number of rotatable bonds is 5. The number of nitrogens with zero attached hydrogens (tertiary/aromatic N) is 3. The molecule has 1 N–H and O–H groups in total. The van der Waals surface area contributed by atoms with Crippen molar-refractivity contribution >= 4 is 17.5 Å². The molecule has 1 aromatic rings. The Bertz CT molecular complexity index is 517. The van der Waals surface area contributed by atoms with Crippen molar-refractivity contribution in [1.82, 2.24) is 4.98 Å². The second-order valence-electron chi connectivity index (χ2n) is 5.14. The van der Waals surface area contributed by atoms with Crippen molar-refractivity contribution in [3.63, 3.8) is 0 Å². The molecule has 1 unspecified atom stereocenters. The van der Waals surface area contributed by atoms with Gasteiger partial charge in [-0.15, -0.1) is 0 Å². The van der Waals surface area contributed by atoms with Gasteiger partial charge in [0.1, 0.15) is 12.0 Å². The third kappa shape index (κ3) is 2.56. The normalized spacial score (nSPS) is 21.9. The van der Waals surface area contributed by atoms with Crippen LogP contribution in [0.4, 0.5) is 11.5 Å². The van der Waals surface area contributed by atoms with Gasteiger partial charge < -0.3 is 10.0 Å². The summed E-state index contributed by atoms with van der Waals surface area (Å²) in [5, 5.41) is 20.0. The Labute approximate surface area is 116 Å². The lowest BCUT2D eigenvalue weighted by atomic mass is 9.83. The standard InChI is InChI=1S/C13H17N3O4/c1-2-5-13(12(17)18)6-7-15(9-13)11-4-3-10(8-14-11)16(19)20/h3-4,8H,2,5-7,9H2,1H3,(H,17,18). The molecule has 1 aromatic heterocycles. The molecule has 1 aliphatic rings. The molecule has 0 radical (unpaired) electrons. The van der Waals surface area contributed by atoms with Gasteiger partial charge in [-0.25, -0.2) is 4.98 Å². The second-order valence-corrected chi connectivity index (χ2v) is 5.14. The molecule has 0 amide bonds. The number of aromatic nitrogens is 1. The minimum absolute atomic E-state index is 0.0639. The molecule has 0 aromatic carbocycles. The zero-order valence-electron chi connectivity index (χ0n) is 11.3. The fraction of sp³-hybridized carbons (Fsp3) is 0.538. The van der Waals surface area contributed by atoms with Crippen LogP contribution in [0.1, 0.15) is 26.2 Å². The van der Waals surface area contributed by atoms with Crippen LogP contribution < -0.4 is 4.90 Å². The third-order valence-electron chi connectivity index (χ3n) is 3.80. The van der Waals surface area contributed by atoms with Crippen LogP contribution in [0.15, 0.2) is 18.3 Å². The first-order chi connectivity index (χ1) is 9.48. The number of aliphatic carboxylic acids is 1. The molecule has 1 saturated heterocycles. The number of carbonyl (C=O) groups is 1. The Hall–Kier alpha value is -2.18. The van der Waals surface area contributed by atoms with Crippen molar-refractivity contribution in [2.24, 2.45) is 5.41 Å². The number of pyridine rings is 1. The van der Waals surface area contributed by atoms with E-state index in [9.17, 15) is 20.0 Å². The Morgan fingerprint density at radius 1 is 1.60 bits per heavy atom. The van der Waals surface area contributed by atoms with Gasteiger partial charge >= 0.3 is 5.97 Å². The van der Waals surface area contributed by atoms with Crippen molar-refractivity contribution in [3.05, 3.63) is 28.4 Å². The molecule has 7 nitrogen and oxygen atoms in total. The largest absolute Gasteiger partial charge is 0.481 e. The van der Waals surface area contributed by atoms with Gasteiger partial charge in [0.25, 0.3) is 5.69 Å². The second kappa shape index (κ2) is 5.44. The van der Waals surface area contributed by atoms with Gasteiger partial charge in [-0.05, 0) is 18.9 Å². The lowest BCUT2D eigenvalue weighted by Crippen LogP contribution is -2.34. The van der Waals surface area contributed by atoms with E-state index in [0.717, 1.165) is 6.42 Å². The van der Waals surface area contributed by atoms with Gasteiger partial charge in [0.15, 0.2) is 0 Å². The highest BCUT2D eigenvalue weighted by Gasteiger charge is 2.44. The van der Waals surface area contributed by atoms with E-state index >= 15 is 0 Å². The smallest absolute Gasteiger partial charge is 0.311 e. The van der Waals surface area contributed by atoms with E-state index in [2.05, 4.69) is 4.98 Å². The Balaban J connectivity index is 2.15. The minimum Gasteiger partial charge on any atom is -0.481 e. The zero-order valence-corrected chi connectivity index (χ0v) is 11.3. The van der Waals surface area contributed by atoms with E-state index < -0.39 is 16.3 Å². The van der Waals surface area contributed by atoms with Gasteiger partial charge in [-0.3, -0.25) is 14.9 Å². The minimum atomic E-state index is -0.774. The molecule has 1 atom stereocenters. The highest BCUT2D eigenvalue weighted by molar-refractivity contribution is 5.76. The number of hydrogen-bond acceptors (Lipinski definition) is 5. The van der Waals surface area contributed by atoms with Crippen LogP contribution >= 0.6 is 0 Å². The molecule has 2 heterocycles. The van der Waals surface area contributed by atoms with Crippen LogP contribution in [-0.4, -0.2) is 34.1 Å². The fourth-order valence-corrected chi connectivity index (χ4v) is 2.71. The van der Waals surface area contributed by atoms with Crippen LogP contribution in [0.5, 0.6) is 0 Å². The van der Waals surface area contributed by atoms with E-state index in [1.165, 1.54) is 12.3 Å². The van der Waals surface area contributed by atoms with Crippen molar-refractivity contribution in [3.8, 4) is 0 Å². The number of carboxylic acids is 1. The molecule has 7 heteroatoms. The Kier molecular flexibility index (Phi) is 3.87. The van der Waals surface area contributed by atoms with Crippen molar-refractivity contribution in [2.45, 2.75) is 26.2 Å². The maximum atomic E-state index is 11.5. The third-order valence-corrected chi connectivity index (χ3v) is 3.80. The molecule has 0 aliphatic carbocycles. The summed E-state index contributed by atoms with van der Waals surface area (Å²) < 4.78 is 0. The summed E-state index contributed by atoms with van der Waals surface area (Å²) in [4.78, 5) is 27.5. The first-order valence-electron chi connectivity index (χ1n) is 6.57. The molecule has 1 fully saturated rings. The quantitative estimate of drug-likeness (QED) is 0.654. The molecular weight excluding hydrogens is 262 g/mol. The molecule has 20 heavy (non-hydrogen) atoms. The monoisotopic (exact) mass is 279 g/mol. The summed E-state index contributed by atoms with van der Waals surface area (Å²) in [5.41, 5.74) is -0.788. The van der Waals surface area contributed by atoms with Crippen molar-refractivity contribution in [2.75, 3.05) is 18.0 Å². The molecule has 0 spiro atoms. The predicted octanol–water partition coefficient (Wildman–Crippen LogP) is 2.07. The molecule has 0 bridgehead atoms. The van der Waals surface area contributed by atoms with E-state index in [4.69, 9.17) is 0 Å². The van der Waals surface area contributed by atoms with Crippen LogP contribution in [0, 0.1) is 15.5 Å². The molecule has 1 aliphatic heterocycles. The lowest BCUT2D eigenvalue weighted by molar-refractivity contribution is -0.385. The summed E-state index contributed by atoms with van der Waals surface area (Å²) in [6.45, 7) is 2.98. The van der Waals surface area contributed by atoms with Crippen LogP contribution in [0.2, 0.25) is 0 Å². The first-order valence-corrected chi connectivity index (χ1v) is 6.57. The highest BCUT2D eigenvalue weighted by atomic mass is 16.6. The van der Waals surface area contributed by atoms with Gasteiger partial charge in [-0.2, -0.15) is 0 Å². The first kappa shape index (κ1) is 14.2. The SMILES string of the molecule is CCCC1(C(=O)O)CCN(c2ccc([N+](=O)[O-])cn2)C1. The predicted molar refractivity (Wildman–Crippen MR) is 72.7 cm³/mol. The van der Waals surface area contributed by atoms with Gasteiger partial charge in [-0.1, -0.05) is 13.3 Å². The van der Waals surface area contributed by atoms with Gasteiger partial charge in [0.05, 0.1) is 10.3 Å². The summed E-state index contributed by atoms with van der Waals surface area (Å²) in [5.74, 6) is -0.182. The fourth-order valence-electron chi connectivity index (χ4n) is 2.71. The Morgan fingerprint density at radius 2 is 2.35 bits per heavy atom. The van der Waals surface area contributed by atoms with Crippen LogP contribution in [0.25, 0.3) is 0 Å². The highest BCUT2D eigenvalue weighted by Crippen LogP contribution is 2.37. The lowest BCUT2D eigenvalue weighted by Gasteiger charge is -2.24. The van der Waals surface area contributed by atoms with Crippen molar-refractivity contribution < 1.29 is 14.8 Å². The molecule has 2 rings (SSSR count). The topological polar surface area (TPSA) is 96.6 Å². The maximum Gasteiger partial charge on any atom is 0.311 e. The number of nitro groups is 1. The Morgan fingerprint density at radius 3 is 2.85 bits per heavy atom. The van der Waals surface area contributed by atoms with E-state index in [1.807, 2.05) is 11.8 Å². The zero-order chi connectivity index (χ0) is 14.8. The van der Waals surface area contributed by atoms with Gasteiger partial charge in [0, 0.05) is 19.2 Å². The number of hydrogen-bond donors (Lipinski definition) is 1. The summed E-state index contributed by atoms with van der Waals surface area (Å²) in [6.07, 6.45) is 3.23. The molecule has 108 valence electrons. The average molecular weight is 279 g/mol. The van der Waals surface area contributed by atoms with Crippen molar-refractivity contribution in [1.29, 1.82) is 0 Å². The number of anilines is 1. The molecular formula is C13H17N3O4. The molecule has 0 saturated carbocycles. The summed E-state index contributed by atoms with van der Waals surface area (Å²) >= 11 is 0. The van der Waals surface area contributed by atoms with E-state index in [-0.39, 0.29) is 5.69 Å². The number of carboxylic acid groups (broad SMARTS) is 1. The van der Waals surface area contributed by atoms with Gasteiger partial charge in [0.2, 0.25) is 0 Å². The maximum absolute atomic E-state index is 11.5. The van der Waals surface area contributed by atoms with Crippen LogP contribution in [0.3, 0.4) is 0 Å². The summed E-state index contributed by atoms with van der Waals surface area (Å²) in [6, 6.07) is 2.96. The summed E-state index contributed by atoms with van der Waals surface area (Å²) in [7, 11) is 0. The van der Waals surface area contributed by atoms with E-state index in [0.29, 0.717) is 31.7 Å².